The summed E-state index contributed by atoms with van der Waals surface area (Å²) in [5, 5.41) is 11.6. The Kier molecular flexibility index (Phi) is 6.39. The van der Waals surface area contributed by atoms with E-state index in [4.69, 9.17) is 10.8 Å². The van der Waals surface area contributed by atoms with Crippen LogP contribution in [-0.2, 0) is 11.2 Å². The first kappa shape index (κ1) is 14.7. The van der Waals surface area contributed by atoms with Gasteiger partial charge in [-0.1, -0.05) is 31.9 Å². The maximum atomic E-state index is 11.8. The zero-order chi connectivity index (χ0) is 13.4. The Morgan fingerprint density at radius 2 is 2.06 bits per heavy atom. The van der Waals surface area contributed by atoms with Gasteiger partial charge in [-0.2, -0.15) is 0 Å². The fourth-order valence-corrected chi connectivity index (χ4v) is 1.67. The molecule has 0 unspecified atom stereocenters. The third kappa shape index (κ3) is 4.85. The van der Waals surface area contributed by atoms with E-state index in [2.05, 4.69) is 12.2 Å². The average molecular weight is 250 g/mol. The molecule has 0 aliphatic carbocycles. The van der Waals surface area contributed by atoms with E-state index in [9.17, 15) is 4.79 Å². The molecule has 0 aromatic heterocycles. The van der Waals surface area contributed by atoms with Crippen LogP contribution >= 0.6 is 0 Å². The smallest absolute Gasteiger partial charge is 0.241 e. The molecule has 0 saturated carbocycles. The number of nitrogens with one attached hydrogen (secondary N) is 1. The predicted molar refractivity (Wildman–Crippen MR) is 73.4 cm³/mol. The topological polar surface area (TPSA) is 75.4 Å². The second-order valence-electron chi connectivity index (χ2n) is 4.41. The van der Waals surface area contributed by atoms with Crippen molar-refractivity contribution in [1.82, 2.24) is 0 Å². The predicted octanol–water partition coefficient (Wildman–Crippen LogP) is 1.68. The van der Waals surface area contributed by atoms with Crippen LogP contribution in [0.2, 0.25) is 0 Å². The Hall–Kier alpha value is -1.39. The Balaban J connectivity index is 2.48. The SMILES string of the molecule is CCCC[C@H](N)C(=O)Nc1ccc(CCO)cc1. The van der Waals surface area contributed by atoms with Gasteiger partial charge in [-0.05, 0) is 30.5 Å². The maximum Gasteiger partial charge on any atom is 0.241 e. The highest BCUT2D eigenvalue weighted by Crippen LogP contribution is 2.11. The van der Waals surface area contributed by atoms with E-state index in [1.165, 1.54) is 0 Å². The summed E-state index contributed by atoms with van der Waals surface area (Å²) in [6, 6.07) is 7.00. The van der Waals surface area contributed by atoms with Crippen LogP contribution in [0.1, 0.15) is 31.7 Å². The van der Waals surface area contributed by atoms with Crippen molar-refractivity contribution in [2.24, 2.45) is 5.73 Å². The number of anilines is 1. The molecule has 4 N–H and O–H groups in total. The van der Waals surface area contributed by atoms with Gasteiger partial charge in [0, 0.05) is 12.3 Å². The minimum atomic E-state index is -0.443. The van der Waals surface area contributed by atoms with Gasteiger partial charge in [0.1, 0.15) is 0 Å². The summed E-state index contributed by atoms with van der Waals surface area (Å²) in [6.45, 7) is 2.21. The molecule has 1 atom stereocenters. The lowest BCUT2D eigenvalue weighted by Gasteiger charge is -2.12. The minimum Gasteiger partial charge on any atom is -0.396 e. The highest BCUT2D eigenvalue weighted by atomic mass is 16.2. The quantitative estimate of drug-likeness (QED) is 0.689. The number of nitrogens with two attached hydrogens (primary N) is 1. The van der Waals surface area contributed by atoms with Crippen molar-refractivity contribution in [3.8, 4) is 0 Å². The van der Waals surface area contributed by atoms with Crippen LogP contribution in [0.3, 0.4) is 0 Å². The molecule has 0 bridgehead atoms. The summed E-state index contributed by atoms with van der Waals surface area (Å²) in [6.07, 6.45) is 3.34. The van der Waals surface area contributed by atoms with E-state index in [1.807, 2.05) is 24.3 Å². The van der Waals surface area contributed by atoms with E-state index in [1.54, 1.807) is 0 Å². The van der Waals surface area contributed by atoms with Crippen molar-refractivity contribution in [2.75, 3.05) is 11.9 Å². The van der Waals surface area contributed by atoms with Crippen molar-refractivity contribution in [3.05, 3.63) is 29.8 Å². The van der Waals surface area contributed by atoms with Gasteiger partial charge in [-0.15, -0.1) is 0 Å². The summed E-state index contributed by atoms with van der Waals surface area (Å²) in [5.74, 6) is -0.140. The summed E-state index contributed by atoms with van der Waals surface area (Å²) in [5.41, 5.74) is 7.57. The van der Waals surface area contributed by atoms with Crippen molar-refractivity contribution >= 4 is 11.6 Å². The Morgan fingerprint density at radius 1 is 1.39 bits per heavy atom. The second kappa shape index (κ2) is 7.84. The highest BCUT2D eigenvalue weighted by molar-refractivity contribution is 5.94. The lowest BCUT2D eigenvalue weighted by molar-refractivity contribution is -0.117. The lowest BCUT2D eigenvalue weighted by atomic mass is 10.1. The molecule has 0 fully saturated rings. The number of carbonyl (C=O) groups is 1. The molecule has 0 spiro atoms. The summed E-state index contributed by atoms with van der Waals surface area (Å²) >= 11 is 0. The Bertz CT molecular complexity index is 363. The summed E-state index contributed by atoms with van der Waals surface area (Å²) in [4.78, 5) is 11.8. The van der Waals surface area contributed by atoms with Crippen LogP contribution in [0, 0.1) is 0 Å². The molecule has 4 nitrogen and oxygen atoms in total. The number of unbranched alkanes of at least 4 members (excludes halogenated alkanes) is 1. The van der Waals surface area contributed by atoms with Crippen LogP contribution in [0.15, 0.2) is 24.3 Å². The van der Waals surface area contributed by atoms with Gasteiger partial charge >= 0.3 is 0 Å². The zero-order valence-electron chi connectivity index (χ0n) is 10.9. The number of hydrogen-bond donors (Lipinski definition) is 3. The van der Waals surface area contributed by atoms with Crippen molar-refractivity contribution in [3.63, 3.8) is 0 Å². The monoisotopic (exact) mass is 250 g/mol. The van der Waals surface area contributed by atoms with E-state index >= 15 is 0 Å². The summed E-state index contributed by atoms with van der Waals surface area (Å²) in [7, 11) is 0. The average Bonchev–Trinajstić information content (AvgIpc) is 2.38. The standard InChI is InChI=1S/C14H22N2O2/c1-2-3-4-13(15)14(18)16-12-7-5-11(6-8-12)9-10-17/h5-8,13,17H,2-4,9-10,15H2,1H3,(H,16,18)/t13-/m0/s1. The maximum absolute atomic E-state index is 11.8. The van der Waals surface area contributed by atoms with Crippen LogP contribution in [-0.4, -0.2) is 23.7 Å². The summed E-state index contributed by atoms with van der Waals surface area (Å²) < 4.78 is 0. The van der Waals surface area contributed by atoms with Gasteiger partial charge in [0.15, 0.2) is 0 Å². The molecular formula is C14H22N2O2. The Morgan fingerprint density at radius 3 is 2.61 bits per heavy atom. The van der Waals surface area contributed by atoms with Gasteiger partial charge in [0.25, 0.3) is 0 Å². The number of aliphatic hydroxyl groups excluding tert-OH is 1. The number of amides is 1. The number of carbonyl (C=O) groups excluding carboxylic acids is 1. The first-order chi connectivity index (χ1) is 8.67. The molecule has 100 valence electrons. The van der Waals surface area contributed by atoms with E-state index < -0.39 is 6.04 Å². The molecule has 1 aromatic rings. The fraction of sp³-hybridized carbons (Fsp3) is 0.500. The van der Waals surface area contributed by atoms with Crippen molar-refractivity contribution < 1.29 is 9.90 Å². The normalized spacial score (nSPS) is 12.2. The molecule has 0 heterocycles. The molecule has 1 amide bonds. The van der Waals surface area contributed by atoms with E-state index in [-0.39, 0.29) is 12.5 Å². The Labute approximate surface area is 108 Å². The molecule has 0 radical (unpaired) electrons. The molecule has 1 rings (SSSR count). The van der Waals surface area contributed by atoms with Gasteiger partial charge in [0.05, 0.1) is 6.04 Å². The molecule has 0 saturated heterocycles. The third-order valence-corrected chi connectivity index (χ3v) is 2.83. The number of benzene rings is 1. The molecule has 0 aliphatic rings. The van der Waals surface area contributed by atoms with Crippen molar-refractivity contribution in [1.29, 1.82) is 0 Å². The van der Waals surface area contributed by atoms with Crippen LogP contribution in [0.4, 0.5) is 5.69 Å². The molecule has 18 heavy (non-hydrogen) atoms. The molecule has 0 aliphatic heterocycles. The van der Waals surface area contributed by atoms with E-state index in [0.717, 1.165) is 24.1 Å². The molecular weight excluding hydrogens is 228 g/mol. The first-order valence-corrected chi connectivity index (χ1v) is 6.43. The number of rotatable bonds is 7. The first-order valence-electron chi connectivity index (χ1n) is 6.43. The molecule has 4 heteroatoms. The van der Waals surface area contributed by atoms with Gasteiger partial charge in [-0.3, -0.25) is 4.79 Å². The largest absolute Gasteiger partial charge is 0.396 e. The lowest BCUT2D eigenvalue weighted by Crippen LogP contribution is -2.35. The molecule has 1 aromatic carbocycles. The van der Waals surface area contributed by atoms with Crippen molar-refractivity contribution in [2.45, 2.75) is 38.6 Å². The highest BCUT2D eigenvalue weighted by Gasteiger charge is 2.12. The van der Waals surface area contributed by atoms with Gasteiger partial charge < -0.3 is 16.2 Å². The van der Waals surface area contributed by atoms with E-state index in [0.29, 0.717) is 12.8 Å². The third-order valence-electron chi connectivity index (χ3n) is 2.83. The number of hydrogen-bond acceptors (Lipinski definition) is 3. The van der Waals surface area contributed by atoms with Crippen LogP contribution < -0.4 is 11.1 Å². The van der Waals surface area contributed by atoms with Crippen LogP contribution in [0.25, 0.3) is 0 Å². The minimum absolute atomic E-state index is 0.133. The van der Waals surface area contributed by atoms with Crippen LogP contribution in [0.5, 0.6) is 0 Å². The second-order valence-corrected chi connectivity index (χ2v) is 4.41. The van der Waals surface area contributed by atoms with Gasteiger partial charge in [-0.25, -0.2) is 0 Å². The fourth-order valence-electron chi connectivity index (χ4n) is 1.67. The number of aliphatic hydroxyl groups is 1. The zero-order valence-corrected chi connectivity index (χ0v) is 10.9. The van der Waals surface area contributed by atoms with Gasteiger partial charge in [0.2, 0.25) is 5.91 Å².